The number of aliphatic carboxylic acids is 1. The summed E-state index contributed by atoms with van der Waals surface area (Å²) >= 11 is 1.09. The van der Waals surface area contributed by atoms with Crippen molar-refractivity contribution >= 4 is 30.2 Å². The third kappa shape index (κ3) is 3.40. The summed E-state index contributed by atoms with van der Waals surface area (Å²) in [6, 6.07) is 0.238. The molecule has 0 saturated carbocycles. The van der Waals surface area contributed by atoms with Crippen LogP contribution in [0.2, 0.25) is 0 Å². The second kappa shape index (κ2) is 4.42. The van der Waals surface area contributed by atoms with Crippen molar-refractivity contribution in [3.05, 3.63) is 16.3 Å². The monoisotopic (exact) mass is 251 g/mol. The van der Waals surface area contributed by atoms with Gasteiger partial charge in [-0.1, -0.05) is 0 Å². The van der Waals surface area contributed by atoms with Gasteiger partial charge >= 0.3 is 13.6 Å². The second-order valence-electron chi connectivity index (χ2n) is 2.96. The maximum absolute atomic E-state index is 10.8. The van der Waals surface area contributed by atoms with E-state index in [1.807, 2.05) is 0 Å². The number of hydrogen-bond acceptors (Lipinski definition) is 4. The fourth-order valence-corrected chi connectivity index (χ4v) is 2.86. The first-order chi connectivity index (χ1) is 6.80. The van der Waals surface area contributed by atoms with E-state index in [-0.39, 0.29) is 11.7 Å². The summed E-state index contributed by atoms with van der Waals surface area (Å²) in [5.74, 6) is -1.14. The zero-order valence-electron chi connectivity index (χ0n) is 7.53. The summed E-state index contributed by atoms with van der Waals surface area (Å²) in [7, 11) is -4.24. The van der Waals surface area contributed by atoms with Crippen LogP contribution >= 0.6 is 18.9 Å². The van der Waals surface area contributed by atoms with E-state index in [4.69, 9.17) is 20.6 Å². The fraction of sp³-hybridized carbons (Fsp3) is 0.286. The summed E-state index contributed by atoms with van der Waals surface area (Å²) in [4.78, 5) is 28.6. The van der Waals surface area contributed by atoms with E-state index >= 15 is 0 Å². The van der Waals surface area contributed by atoms with Gasteiger partial charge in [0.25, 0.3) is 0 Å². The minimum Gasteiger partial charge on any atom is -0.480 e. The lowest BCUT2D eigenvalue weighted by atomic mass is 10.2. The van der Waals surface area contributed by atoms with Crippen LogP contribution in [0.15, 0.2) is 11.4 Å². The van der Waals surface area contributed by atoms with Crippen molar-refractivity contribution in [3.8, 4) is 0 Å². The molecule has 0 bridgehead atoms. The maximum Gasteiger partial charge on any atom is 0.357 e. The molecule has 1 unspecified atom stereocenters. The van der Waals surface area contributed by atoms with Crippen LogP contribution in [0.1, 0.15) is 4.88 Å². The highest BCUT2D eigenvalue weighted by atomic mass is 32.1. The van der Waals surface area contributed by atoms with Gasteiger partial charge in [0.15, 0.2) is 0 Å². The summed E-state index contributed by atoms with van der Waals surface area (Å²) in [5, 5.41) is 9.75. The third-order valence-electron chi connectivity index (χ3n) is 1.71. The summed E-state index contributed by atoms with van der Waals surface area (Å²) in [5.41, 5.74) is 5.28. The molecule has 1 aromatic heterocycles. The molecule has 1 rings (SSSR count). The van der Waals surface area contributed by atoms with Crippen molar-refractivity contribution in [2.45, 2.75) is 12.5 Å². The first kappa shape index (κ1) is 12.4. The first-order valence-corrected chi connectivity index (χ1v) is 6.42. The van der Waals surface area contributed by atoms with Gasteiger partial charge in [-0.15, -0.1) is 11.3 Å². The Labute approximate surface area is 89.5 Å². The second-order valence-corrected chi connectivity index (χ2v) is 5.56. The van der Waals surface area contributed by atoms with Crippen LogP contribution in [0.5, 0.6) is 0 Å². The van der Waals surface area contributed by atoms with Crippen molar-refractivity contribution < 1.29 is 24.3 Å². The van der Waals surface area contributed by atoms with Crippen LogP contribution in [0, 0.1) is 0 Å². The number of carboxylic acids is 1. The Kier molecular flexibility index (Phi) is 3.64. The number of rotatable bonds is 4. The van der Waals surface area contributed by atoms with Crippen molar-refractivity contribution in [1.29, 1.82) is 0 Å². The van der Waals surface area contributed by atoms with Gasteiger partial charge in [0.2, 0.25) is 0 Å². The highest BCUT2D eigenvalue weighted by Gasteiger charge is 2.20. The highest BCUT2D eigenvalue weighted by Crippen LogP contribution is 2.35. The summed E-state index contributed by atoms with van der Waals surface area (Å²) in [6.07, 6.45) is 0.0694. The molecule has 0 saturated heterocycles. The molecule has 0 aromatic carbocycles. The SMILES string of the molecule is NC(Cc1cc(P(=O)(O)O)cs1)C(=O)O. The van der Waals surface area contributed by atoms with E-state index in [1.54, 1.807) is 0 Å². The minimum absolute atomic E-state index is 0.0694. The average molecular weight is 251 g/mol. The molecular weight excluding hydrogens is 241 g/mol. The van der Waals surface area contributed by atoms with Crippen LogP contribution in [0.25, 0.3) is 0 Å². The lowest BCUT2D eigenvalue weighted by molar-refractivity contribution is -0.138. The number of carbonyl (C=O) groups is 1. The molecule has 0 spiro atoms. The highest BCUT2D eigenvalue weighted by molar-refractivity contribution is 7.60. The molecule has 15 heavy (non-hydrogen) atoms. The van der Waals surface area contributed by atoms with Gasteiger partial charge in [0, 0.05) is 16.7 Å². The summed E-state index contributed by atoms with van der Waals surface area (Å²) in [6.45, 7) is 0. The number of carboxylic acid groups (broad SMARTS) is 1. The van der Waals surface area contributed by atoms with Crippen molar-refractivity contribution in [2.24, 2.45) is 5.73 Å². The molecule has 5 N–H and O–H groups in total. The Morgan fingerprint density at radius 1 is 1.60 bits per heavy atom. The standard InChI is InChI=1S/C7H10NO5PS/c8-6(7(9)10)2-5-1-4(3-15-5)14(11,12)13/h1,3,6H,2,8H2,(H,9,10)(H2,11,12,13). The van der Waals surface area contributed by atoms with Crippen LogP contribution in [-0.2, 0) is 15.8 Å². The third-order valence-corrected chi connectivity index (χ3v) is 3.78. The van der Waals surface area contributed by atoms with Crippen LogP contribution in [0.3, 0.4) is 0 Å². The van der Waals surface area contributed by atoms with Crippen LogP contribution in [-0.4, -0.2) is 26.9 Å². The molecule has 1 atom stereocenters. The predicted molar refractivity (Wildman–Crippen MR) is 55.3 cm³/mol. The van der Waals surface area contributed by atoms with E-state index in [0.717, 1.165) is 11.3 Å². The Bertz CT molecular complexity index is 411. The quantitative estimate of drug-likeness (QED) is 0.535. The van der Waals surface area contributed by atoms with Crippen LogP contribution < -0.4 is 11.0 Å². The normalized spacial score (nSPS) is 13.8. The molecule has 8 heteroatoms. The van der Waals surface area contributed by atoms with Gasteiger partial charge in [-0.3, -0.25) is 9.36 Å². The van der Waals surface area contributed by atoms with Gasteiger partial charge in [0.05, 0.1) is 5.30 Å². The van der Waals surface area contributed by atoms with Gasteiger partial charge < -0.3 is 20.6 Å². The van der Waals surface area contributed by atoms with Crippen molar-refractivity contribution in [2.75, 3.05) is 0 Å². The Morgan fingerprint density at radius 2 is 2.20 bits per heavy atom. The lowest BCUT2D eigenvalue weighted by Gasteiger charge is -2.02. The van der Waals surface area contributed by atoms with Crippen molar-refractivity contribution in [1.82, 2.24) is 0 Å². The number of hydrogen-bond donors (Lipinski definition) is 4. The number of thiophene rings is 1. The molecule has 1 heterocycles. The van der Waals surface area contributed by atoms with Gasteiger partial charge in [-0.05, 0) is 6.07 Å². The summed E-state index contributed by atoms with van der Waals surface area (Å²) < 4.78 is 10.8. The average Bonchev–Trinajstić information content (AvgIpc) is 2.51. The van der Waals surface area contributed by atoms with Crippen molar-refractivity contribution in [3.63, 3.8) is 0 Å². The van der Waals surface area contributed by atoms with Gasteiger partial charge in [0.1, 0.15) is 6.04 Å². The molecule has 0 radical (unpaired) electrons. The Balaban J connectivity index is 2.78. The molecule has 0 aliphatic carbocycles. The van der Waals surface area contributed by atoms with E-state index in [1.165, 1.54) is 11.4 Å². The first-order valence-electron chi connectivity index (χ1n) is 3.92. The maximum atomic E-state index is 10.8. The molecule has 0 fully saturated rings. The van der Waals surface area contributed by atoms with E-state index in [0.29, 0.717) is 4.88 Å². The number of nitrogens with two attached hydrogens (primary N) is 1. The zero-order valence-corrected chi connectivity index (χ0v) is 9.24. The largest absolute Gasteiger partial charge is 0.480 e. The predicted octanol–water partition coefficient (Wildman–Crippen LogP) is -0.495. The molecule has 0 amide bonds. The smallest absolute Gasteiger partial charge is 0.357 e. The Hall–Kier alpha value is -0.720. The lowest BCUT2D eigenvalue weighted by Crippen LogP contribution is -2.31. The molecular formula is C7H10NO5PS. The molecule has 84 valence electrons. The molecule has 0 aliphatic heterocycles. The van der Waals surface area contributed by atoms with E-state index < -0.39 is 19.6 Å². The zero-order chi connectivity index (χ0) is 11.6. The topological polar surface area (TPSA) is 121 Å². The fourth-order valence-electron chi connectivity index (χ4n) is 0.933. The Morgan fingerprint density at radius 3 is 2.60 bits per heavy atom. The minimum atomic E-state index is -4.24. The molecule has 6 nitrogen and oxygen atoms in total. The molecule has 1 aromatic rings. The van der Waals surface area contributed by atoms with E-state index in [9.17, 15) is 9.36 Å². The van der Waals surface area contributed by atoms with Gasteiger partial charge in [-0.25, -0.2) is 0 Å². The van der Waals surface area contributed by atoms with Crippen LogP contribution in [0.4, 0.5) is 0 Å². The van der Waals surface area contributed by atoms with E-state index in [2.05, 4.69) is 0 Å². The van der Waals surface area contributed by atoms with Gasteiger partial charge in [-0.2, -0.15) is 0 Å². The molecule has 0 aliphatic rings.